The van der Waals surface area contributed by atoms with E-state index in [1.165, 1.54) is 5.56 Å². The molecule has 1 amide bonds. The minimum atomic E-state index is -0.144. The minimum absolute atomic E-state index is 0.00604. The smallest absolute Gasteiger partial charge is 0.278 e. The van der Waals surface area contributed by atoms with Crippen LogP contribution in [0.5, 0.6) is 0 Å². The number of nitrogens with zero attached hydrogens (tertiary/aromatic N) is 6. The van der Waals surface area contributed by atoms with Gasteiger partial charge >= 0.3 is 0 Å². The maximum absolute atomic E-state index is 13.9. The standard InChI is InChI=1S/C25H27N7O/c1-16-11-17(2)23-18(12-16)8-10-27-24(23)32(20-5-4-9-26-14-20)25(33)21-7-6-19(13-28-21)22-15-31(3)30-29-22/h6-8,10-13,15,20,26H,4-5,9,14H2,1-3H3. The first kappa shape index (κ1) is 21.2. The second kappa shape index (κ2) is 8.71. The number of pyridine rings is 2. The van der Waals surface area contributed by atoms with Crippen LogP contribution in [0.3, 0.4) is 0 Å². The van der Waals surface area contributed by atoms with Gasteiger partial charge in [0.2, 0.25) is 0 Å². The van der Waals surface area contributed by atoms with Crippen LogP contribution in [0.15, 0.2) is 48.9 Å². The summed E-state index contributed by atoms with van der Waals surface area (Å²) in [5.74, 6) is 0.554. The Morgan fingerprint density at radius 1 is 1.18 bits per heavy atom. The number of aromatic nitrogens is 5. The zero-order chi connectivity index (χ0) is 22.9. The van der Waals surface area contributed by atoms with Crippen molar-refractivity contribution in [3.63, 3.8) is 0 Å². The summed E-state index contributed by atoms with van der Waals surface area (Å²) in [6.45, 7) is 5.86. The van der Waals surface area contributed by atoms with Gasteiger partial charge in [0.05, 0.1) is 12.2 Å². The number of fused-ring (bicyclic) bond motifs is 1. The summed E-state index contributed by atoms with van der Waals surface area (Å²) in [6.07, 6.45) is 7.22. The third-order valence-corrected chi connectivity index (χ3v) is 6.15. The molecule has 0 spiro atoms. The summed E-state index contributed by atoms with van der Waals surface area (Å²) >= 11 is 0. The third-order valence-electron chi connectivity index (χ3n) is 6.15. The van der Waals surface area contributed by atoms with Crippen LogP contribution in [-0.4, -0.2) is 50.0 Å². The van der Waals surface area contributed by atoms with Crippen LogP contribution in [0.25, 0.3) is 22.0 Å². The number of hydrogen-bond acceptors (Lipinski definition) is 6. The lowest BCUT2D eigenvalue weighted by atomic mass is 10.0. The normalized spacial score (nSPS) is 16.2. The molecule has 3 aromatic heterocycles. The number of carbonyl (C=O) groups is 1. The summed E-state index contributed by atoms with van der Waals surface area (Å²) in [5, 5.41) is 13.6. The number of carbonyl (C=O) groups excluding carboxylic acids is 1. The molecule has 1 aliphatic rings. The third kappa shape index (κ3) is 4.09. The maximum atomic E-state index is 13.9. The van der Waals surface area contributed by atoms with Gasteiger partial charge in [-0.2, -0.15) is 0 Å². The van der Waals surface area contributed by atoms with Gasteiger partial charge in [0.1, 0.15) is 17.2 Å². The lowest BCUT2D eigenvalue weighted by Gasteiger charge is -2.34. The van der Waals surface area contributed by atoms with Gasteiger partial charge < -0.3 is 5.32 Å². The monoisotopic (exact) mass is 441 g/mol. The van der Waals surface area contributed by atoms with Crippen molar-refractivity contribution in [3.8, 4) is 11.3 Å². The molecule has 1 atom stereocenters. The SMILES string of the molecule is Cc1cc(C)c2c(N(C(=O)c3ccc(-c4cn(C)nn4)cn3)C3CCCNC3)nccc2c1. The molecule has 4 aromatic rings. The fraction of sp³-hybridized carbons (Fsp3) is 0.320. The van der Waals surface area contributed by atoms with Gasteiger partial charge in [0.15, 0.2) is 0 Å². The van der Waals surface area contributed by atoms with E-state index in [2.05, 4.69) is 46.6 Å². The molecule has 1 unspecified atom stereocenters. The van der Waals surface area contributed by atoms with Crippen molar-refractivity contribution >= 4 is 22.5 Å². The van der Waals surface area contributed by atoms with Crippen molar-refractivity contribution in [1.82, 2.24) is 30.3 Å². The van der Waals surface area contributed by atoms with E-state index in [1.807, 2.05) is 30.3 Å². The summed E-state index contributed by atoms with van der Waals surface area (Å²) in [6, 6.07) is 9.93. The molecule has 0 radical (unpaired) electrons. The van der Waals surface area contributed by atoms with E-state index in [9.17, 15) is 4.79 Å². The number of rotatable bonds is 4. The largest absolute Gasteiger partial charge is 0.315 e. The van der Waals surface area contributed by atoms with Crippen LogP contribution in [0.4, 0.5) is 5.82 Å². The Morgan fingerprint density at radius 3 is 2.76 bits per heavy atom. The second-order valence-electron chi connectivity index (χ2n) is 8.70. The first-order valence-electron chi connectivity index (χ1n) is 11.2. The Labute approximate surface area is 192 Å². The Bertz CT molecular complexity index is 1310. The van der Waals surface area contributed by atoms with Crippen molar-refractivity contribution in [2.45, 2.75) is 32.7 Å². The van der Waals surface area contributed by atoms with E-state index in [1.54, 1.807) is 23.1 Å². The van der Waals surface area contributed by atoms with Crippen LogP contribution >= 0.6 is 0 Å². The molecule has 1 fully saturated rings. The van der Waals surface area contributed by atoms with Crippen LogP contribution in [-0.2, 0) is 7.05 Å². The van der Waals surface area contributed by atoms with Crippen molar-refractivity contribution in [2.75, 3.05) is 18.0 Å². The molecule has 8 nitrogen and oxygen atoms in total. The van der Waals surface area contributed by atoms with Gasteiger partial charge in [-0.3, -0.25) is 19.4 Å². The number of hydrogen-bond donors (Lipinski definition) is 1. The van der Waals surface area contributed by atoms with Gasteiger partial charge in [-0.25, -0.2) is 4.98 Å². The number of benzene rings is 1. The summed E-state index contributed by atoms with van der Waals surface area (Å²) in [5.41, 5.74) is 4.23. The van der Waals surface area contributed by atoms with Crippen LogP contribution < -0.4 is 10.2 Å². The second-order valence-corrected chi connectivity index (χ2v) is 8.70. The quantitative estimate of drug-likeness (QED) is 0.522. The molecule has 1 N–H and O–H groups in total. The average molecular weight is 442 g/mol. The molecule has 0 aliphatic carbocycles. The van der Waals surface area contributed by atoms with E-state index in [0.29, 0.717) is 11.5 Å². The van der Waals surface area contributed by atoms with E-state index in [-0.39, 0.29) is 11.9 Å². The lowest BCUT2D eigenvalue weighted by Crippen LogP contribution is -2.49. The molecule has 4 heterocycles. The van der Waals surface area contributed by atoms with Crippen molar-refractivity contribution < 1.29 is 4.79 Å². The van der Waals surface area contributed by atoms with Gasteiger partial charge in [0, 0.05) is 36.9 Å². The average Bonchev–Trinajstić information content (AvgIpc) is 3.26. The van der Waals surface area contributed by atoms with E-state index in [0.717, 1.165) is 53.5 Å². The molecule has 1 saturated heterocycles. The molecule has 1 aliphatic heterocycles. The Kier molecular flexibility index (Phi) is 5.60. The Balaban J connectivity index is 1.58. The molecule has 0 saturated carbocycles. The maximum Gasteiger partial charge on any atom is 0.278 e. The first-order valence-corrected chi connectivity index (χ1v) is 11.2. The highest BCUT2D eigenvalue weighted by atomic mass is 16.2. The van der Waals surface area contributed by atoms with Crippen LogP contribution in [0, 0.1) is 13.8 Å². The van der Waals surface area contributed by atoms with Gasteiger partial charge in [0.25, 0.3) is 5.91 Å². The summed E-state index contributed by atoms with van der Waals surface area (Å²) in [4.78, 5) is 25.0. The fourth-order valence-electron chi connectivity index (χ4n) is 4.64. The van der Waals surface area contributed by atoms with Crippen molar-refractivity contribution in [3.05, 3.63) is 65.7 Å². The highest BCUT2D eigenvalue weighted by Crippen LogP contribution is 2.32. The number of aryl methyl sites for hydroxylation is 3. The van der Waals surface area contributed by atoms with E-state index < -0.39 is 0 Å². The van der Waals surface area contributed by atoms with E-state index >= 15 is 0 Å². The summed E-state index contributed by atoms with van der Waals surface area (Å²) in [7, 11) is 1.82. The molecule has 0 bridgehead atoms. The molecule has 8 heteroatoms. The van der Waals surface area contributed by atoms with Gasteiger partial charge in [-0.15, -0.1) is 5.10 Å². The molecular formula is C25H27N7O. The number of amides is 1. The number of nitrogens with one attached hydrogen (secondary N) is 1. The summed E-state index contributed by atoms with van der Waals surface area (Å²) < 4.78 is 1.64. The first-order chi connectivity index (χ1) is 16.0. The molecule has 1 aromatic carbocycles. The fourth-order valence-corrected chi connectivity index (χ4v) is 4.64. The topological polar surface area (TPSA) is 88.8 Å². The predicted octanol–water partition coefficient (Wildman–Crippen LogP) is 3.44. The zero-order valence-electron chi connectivity index (χ0n) is 19.1. The molecule has 168 valence electrons. The van der Waals surface area contributed by atoms with Gasteiger partial charge in [-0.1, -0.05) is 22.9 Å². The molecular weight excluding hydrogens is 414 g/mol. The molecule has 5 rings (SSSR count). The van der Waals surface area contributed by atoms with Gasteiger partial charge in [-0.05, 0) is 62.4 Å². The number of piperidine rings is 1. The Morgan fingerprint density at radius 2 is 2.06 bits per heavy atom. The minimum Gasteiger partial charge on any atom is -0.315 e. The Hall–Kier alpha value is -3.65. The lowest BCUT2D eigenvalue weighted by molar-refractivity contribution is 0.0967. The zero-order valence-corrected chi connectivity index (χ0v) is 19.1. The molecule has 33 heavy (non-hydrogen) atoms. The predicted molar refractivity (Wildman–Crippen MR) is 128 cm³/mol. The van der Waals surface area contributed by atoms with Crippen LogP contribution in [0.1, 0.15) is 34.5 Å². The van der Waals surface area contributed by atoms with Crippen LogP contribution in [0.2, 0.25) is 0 Å². The van der Waals surface area contributed by atoms with Crippen molar-refractivity contribution in [1.29, 1.82) is 0 Å². The highest BCUT2D eigenvalue weighted by molar-refractivity contribution is 6.10. The number of anilines is 1. The van der Waals surface area contributed by atoms with E-state index in [4.69, 9.17) is 4.98 Å². The highest BCUT2D eigenvalue weighted by Gasteiger charge is 2.31. The van der Waals surface area contributed by atoms with Crippen molar-refractivity contribution in [2.24, 2.45) is 7.05 Å².